The van der Waals surface area contributed by atoms with Crippen molar-refractivity contribution in [2.45, 2.75) is 36.7 Å². The molecule has 2 aromatic heterocycles. The molecule has 0 radical (unpaired) electrons. The average Bonchev–Trinajstić information content (AvgIpc) is 3.15. The Labute approximate surface area is 163 Å². The van der Waals surface area contributed by atoms with Gasteiger partial charge in [0.05, 0.1) is 31.2 Å². The maximum Gasteiger partial charge on any atom is 0.262 e. The van der Waals surface area contributed by atoms with Crippen molar-refractivity contribution in [3.8, 4) is 0 Å². The Morgan fingerprint density at radius 1 is 1.41 bits per heavy atom. The van der Waals surface area contributed by atoms with E-state index in [1.54, 1.807) is 7.05 Å². The van der Waals surface area contributed by atoms with Crippen molar-refractivity contribution in [1.82, 2.24) is 24.1 Å². The van der Waals surface area contributed by atoms with Gasteiger partial charge in [0.2, 0.25) is 15.3 Å². The van der Waals surface area contributed by atoms with Crippen LogP contribution in [0.2, 0.25) is 5.28 Å². The maximum absolute atomic E-state index is 13.1. The average molecular weight is 410 g/mol. The van der Waals surface area contributed by atoms with Gasteiger partial charge in [0.1, 0.15) is 0 Å². The minimum Gasteiger partial charge on any atom is -0.278 e. The third-order valence-corrected chi connectivity index (χ3v) is 6.33. The Morgan fingerprint density at radius 2 is 2.15 bits per heavy atom. The van der Waals surface area contributed by atoms with E-state index in [9.17, 15) is 13.2 Å². The summed E-state index contributed by atoms with van der Waals surface area (Å²) >= 11 is 6.13. The Hall–Kier alpha value is -2.23. The van der Waals surface area contributed by atoms with Crippen LogP contribution in [0.5, 0.6) is 0 Å². The molecule has 1 aliphatic carbocycles. The number of aromatic nitrogens is 4. The van der Waals surface area contributed by atoms with Crippen LogP contribution < -0.4 is 10.3 Å². The number of fused-ring (bicyclic) bond motifs is 1. The molecule has 0 saturated heterocycles. The molecule has 1 aromatic carbocycles. The van der Waals surface area contributed by atoms with Crippen LogP contribution in [0.15, 0.2) is 40.3 Å². The van der Waals surface area contributed by atoms with E-state index in [0.29, 0.717) is 4.57 Å². The van der Waals surface area contributed by atoms with Gasteiger partial charge in [-0.15, -0.1) is 0 Å². The summed E-state index contributed by atoms with van der Waals surface area (Å²) in [5, 5.41) is 3.53. The lowest BCUT2D eigenvalue weighted by atomic mass is 10.2. The molecular weight excluding hydrogens is 390 g/mol. The first-order valence-electron chi connectivity index (χ1n) is 9.19. The van der Waals surface area contributed by atoms with Crippen LogP contribution in [0.4, 0.5) is 0 Å². The van der Waals surface area contributed by atoms with Crippen LogP contribution in [0, 0.1) is 0 Å². The molecule has 4 rings (SSSR count). The highest BCUT2D eigenvalue weighted by atomic mass is 35.5. The Morgan fingerprint density at radius 3 is 2.78 bits per heavy atom. The predicted octanol–water partition coefficient (Wildman–Crippen LogP) is 1.66. The van der Waals surface area contributed by atoms with Crippen molar-refractivity contribution in [1.29, 1.82) is 0 Å². The van der Waals surface area contributed by atoms with Gasteiger partial charge in [-0.2, -0.15) is 5.10 Å². The van der Waals surface area contributed by atoms with E-state index < -0.39 is 27.6 Å². The fourth-order valence-corrected chi connectivity index (χ4v) is 4.38. The molecule has 0 atom stereocenters. The highest BCUT2D eigenvalue weighted by Gasteiger charge is 2.41. The van der Waals surface area contributed by atoms with Crippen LogP contribution in [0.3, 0.4) is 0 Å². The van der Waals surface area contributed by atoms with Gasteiger partial charge in [-0.25, -0.2) is 18.1 Å². The highest BCUT2D eigenvalue weighted by Crippen LogP contribution is 2.36. The van der Waals surface area contributed by atoms with Crippen molar-refractivity contribution in [2.75, 3.05) is 0 Å². The molecule has 2 heterocycles. The van der Waals surface area contributed by atoms with E-state index in [1.807, 2.05) is 6.92 Å². The van der Waals surface area contributed by atoms with Gasteiger partial charge in [-0.1, -0.05) is 0 Å². The van der Waals surface area contributed by atoms with Gasteiger partial charge in [0.15, 0.2) is 0 Å². The SMILES string of the molecule is [2H]C([2H])(c1cnn(C)c1)n1c(Cl)nc2ccc(S(=O)(=O)NC3(C)CC3)cc2c1=O. The fourth-order valence-electron chi connectivity index (χ4n) is 2.68. The van der Waals surface area contributed by atoms with Gasteiger partial charge in [0, 0.05) is 24.3 Å². The topological polar surface area (TPSA) is 98.9 Å². The monoisotopic (exact) mass is 409 g/mol. The van der Waals surface area contributed by atoms with Crippen LogP contribution in [0.1, 0.15) is 28.1 Å². The summed E-state index contributed by atoms with van der Waals surface area (Å²) < 4.78 is 46.8. The molecule has 0 aliphatic heterocycles. The number of hydrogen-bond acceptors (Lipinski definition) is 5. The van der Waals surface area contributed by atoms with Crippen molar-refractivity contribution in [3.63, 3.8) is 0 Å². The molecule has 142 valence electrons. The summed E-state index contributed by atoms with van der Waals surface area (Å²) in [5.74, 6) is 0. The minimum atomic E-state index is -3.84. The molecule has 0 bridgehead atoms. The quantitative estimate of drug-likeness (QED) is 0.646. The van der Waals surface area contributed by atoms with Crippen LogP contribution in [-0.2, 0) is 23.6 Å². The first-order chi connectivity index (χ1) is 13.4. The van der Waals surface area contributed by atoms with E-state index in [-0.39, 0.29) is 26.6 Å². The van der Waals surface area contributed by atoms with E-state index in [2.05, 4.69) is 14.8 Å². The summed E-state index contributed by atoms with van der Waals surface area (Å²) in [6.45, 7) is -0.527. The van der Waals surface area contributed by atoms with Gasteiger partial charge in [-0.3, -0.25) is 14.0 Å². The largest absolute Gasteiger partial charge is 0.278 e. The zero-order valence-electron chi connectivity index (χ0n) is 16.6. The summed E-state index contributed by atoms with van der Waals surface area (Å²) in [6, 6.07) is 3.93. The first-order valence-corrected chi connectivity index (χ1v) is 10.0. The Bertz CT molecular complexity index is 1300. The smallest absolute Gasteiger partial charge is 0.262 e. The summed E-state index contributed by atoms with van der Waals surface area (Å²) in [7, 11) is -2.22. The minimum absolute atomic E-state index is 0.0500. The normalized spacial score (nSPS) is 17.6. The molecule has 3 aromatic rings. The number of aryl methyl sites for hydroxylation is 1. The van der Waals surface area contributed by atoms with Gasteiger partial charge >= 0.3 is 0 Å². The second-order valence-electron chi connectivity index (χ2n) is 6.88. The van der Waals surface area contributed by atoms with Crippen molar-refractivity contribution < 1.29 is 11.2 Å². The summed E-state index contributed by atoms with van der Waals surface area (Å²) in [5.41, 5.74) is -0.972. The van der Waals surface area contributed by atoms with E-state index in [1.165, 1.54) is 35.3 Å². The van der Waals surface area contributed by atoms with Crippen LogP contribution in [0.25, 0.3) is 10.9 Å². The number of sulfonamides is 1. The summed E-state index contributed by atoms with van der Waals surface area (Å²) in [6.07, 6.45) is 4.20. The van der Waals surface area contributed by atoms with Crippen LogP contribution in [-0.4, -0.2) is 33.3 Å². The fraction of sp³-hybridized carbons (Fsp3) is 0.353. The second kappa shape index (κ2) is 6.15. The summed E-state index contributed by atoms with van der Waals surface area (Å²) in [4.78, 5) is 17.1. The molecular formula is C17H18ClN5O3S. The van der Waals surface area contributed by atoms with Crippen molar-refractivity contribution in [2.24, 2.45) is 7.05 Å². The zero-order chi connectivity index (χ0) is 21.2. The number of halogens is 1. The number of hydrogen-bond donors (Lipinski definition) is 1. The van der Waals surface area contributed by atoms with Crippen LogP contribution >= 0.6 is 11.6 Å². The molecule has 0 unspecified atom stereocenters. The van der Waals surface area contributed by atoms with E-state index in [0.717, 1.165) is 12.8 Å². The lowest BCUT2D eigenvalue weighted by molar-refractivity contribution is 0.558. The lowest BCUT2D eigenvalue weighted by Crippen LogP contribution is -2.34. The third kappa shape index (κ3) is 3.50. The first kappa shape index (κ1) is 15.8. The van der Waals surface area contributed by atoms with Gasteiger partial charge in [-0.05, 0) is 49.6 Å². The zero-order valence-corrected chi connectivity index (χ0v) is 16.2. The number of nitrogens with zero attached hydrogens (tertiary/aromatic N) is 4. The molecule has 8 nitrogen and oxygen atoms in total. The highest BCUT2D eigenvalue weighted by molar-refractivity contribution is 7.89. The number of rotatable bonds is 5. The third-order valence-electron chi connectivity index (χ3n) is 4.44. The standard InChI is InChI=1S/C17H18ClN5O3S/c1-17(5-6-17)21-27(25,26)12-3-4-14-13(7-12)15(24)23(16(18)20-14)10-11-8-19-22(2)9-11/h3-4,7-9,21H,5-6,10H2,1-2H3/i10D2. The lowest BCUT2D eigenvalue weighted by Gasteiger charge is -2.13. The molecule has 1 aliphatic rings. The van der Waals surface area contributed by atoms with Gasteiger partial charge in [0.25, 0.3) is 5.56 Å². The molecule has 0 spiro atoms. The Balaban J connectivity index is 1.88. The van der Waals surface area contributed by atoms with Crippen molar-refractivity contribution >= 4 is 32.5 Å². The molecule has 1 saturated carbocycles. The van der Waals surface area contributed by atoms with E-state index >= 15 is 0 Å². The number of benzene rings is 1. The van der Waals surface area contributed by atoms with E-state index in [4.69, 9.17) is 14.3 Å². The number of nitrogens with one attached hydrogen (secondary N) is 1. The van der Waals surface area contributed by atoms with Crippen molar-refractivity contribution in [3.05, 3.63) is 51.8 Å². The van der Waals surface area contributed by atoms with Gasteiger partial charge < -0.3 is 0 Å². The molecule has 27 heavy (non-hydrogen) atoms. The second-order valence-corrected chi connectivity index (χ2v) is 8.90. The predicted molar refractivity (Wildman–Crippen MR) is 101 cm³/mol. The maximum atomic E-state index is 13.1. The molecule has 1 fully saturated rings. The molecule has 0 amide bonds. The molecule has 10 heteroatoms. The Kier molecular flexibility index (Phi) is 3.60. The molecule has 1 N–H and O–H groups in total.